The van der Waals surface area contributed by atoms with Crippen molar-refractivity contribution in [2.24, 2.45) is 11.5 Å². The molecule has 4 N–H and O–H groups in total. The van der Waals surface area contributed by atoms with Crippen LogP contribution in [0, 0.1) is 0 Å². The molecule has 0 bridgehead atoms. The predicted molar refractivity (Wildman–Crippen MR) is 70.8 cm³/mol. The molecular weight excluding hydrogens is 284 g/mol. The molecule has 0 aliphatic heterocycles. The summed E-state index contributed by atoms with van der Waals surface area (Å²) in [7, 11) is 0. The summed E-state index contributed by atoms with van der Waals surface area (Å²) in [6.07, 6.45) is 0.935. The fraction of sp³-hybridized carbons (Fsp3) is 0.417. The molecular formula is C12H17BrN2O2. The van der Waals surface area contributed by atoms with E-state index in [-0.39, 0.29) is 25.0 Å². The van der Waals surface area contributed by atoms with Gasteiger partial charge in [-0.05, 0) is 40.9 Å². The molecule has 1 unspecified atom stereocenters. The Morgan fingerprint density at radius 1 is 1.53 bits per heavy atom. The van der Waals surface area contributed by atoms with Gasteiger partial charge in [-0.3, -0.25) is 4.79 Å². The molecule has 0 saturated heterocycles. The minimum atomic E-state index is -0.370. The van der Waals surface area contributed by atoms with Crippen molar-refractivity contribution in [3.8, 4) is 5.75 Å². The van der Waals surface area contributed by atoms with Crippen molar-refractivity contribution >= 4 is 21.8 Å². The van der Waals surface area contributed by atoms with E-state index in [0.717, 1.165) is 22.2 Å². The van der Waals surface area contributed by atoms with E-state index in [1.54, 1.807) is 0 Å². The van der Waals surface area contributed by atoms with E-state index in [9.17, 15) is 4.79 Å². The lowest BCUT2D eigenvalue weighted by Crippen LogP contribution is -2.19. The van der Waals surface area contributed by atoms with Gasteiger partial charge in [-0.25, -0.2) is 0 Å². The van der Waals surface area contributed by atoms with Gasteiger partial charge < -0.3 is 16.2 Å². The van der Waals surface area contributed by atoms with Crippen molar-refractivity contribution in [3.05, 3.63) is 28.2 Å². The first-order valence-corrected chi connectivity index (χ1v) is 6.24. The highest BCUT2D eigenvalue weighted by atomic mass is 79.9. The van der Waals surface area contributed by atoms with Crippen LogP contribution >= 0.6 is 15.9 Å². The first kappa shape index (κ1) is 14.0. The Morgan fingerprint density at radius 2 is 2.24 bits per heavy atom. The number of halogens is 1. The summed E-state index contributed by atoms with van der Waals surface area (Å²) in [5.74, 6) is 0.372. The minimum absolute atomic E-state index is 0.0581. The van der Waals surface area contributed by atoms with E-state index in [0.29, 0.717) is 0 Å². The van der Waals surface area contributed by atoms with Crippen LogP contribution in [0.2, 0.25) is 0 Å². The van der Waals surface area contributed by atoms with Crippen molar-refractivity contribution < 1.29 is 9.53 Å². The second-order valence-corrected chi connectivity index (χ2v) is 4.83. The second-order valence-electron chi connectivity index (χ2n) is 3.97. The van der Waals surface area contributed by atoms with Gasteiger partial charge in [-0.1, -0.05) is 12.1 Å². The van der Waals surface area contributed by atoms with Crippen molar-refractivity contribution in [1.82, 2.24) is 0 Å². The number of ether oxygens (including phenoxy) is 1. The standard InChI is InChI=1S/C12H17BrN2O2/c1-8(14)7-9-3-2-4-10(13)12(9)17-6-5-11(15)16/h2-4,8H,5-7,14H2,1H3,(H2,15,16). The Kier molecular flexibility index (Phi) is 5.44. The number of carbonyl (C=O) groups is 1. The van der Waals surface area contributed by atoms with Gasteiger partial charge in [-0.2, -0.15) is 0 Å². The highest BCUT2D eigenvalue weighted by Crippen LogP contribution is 2.29. The van der Waals surface area contributed by atoms with Crippen molar-refractivity contribution in [2.45, 2.75) is 25.8 Å². The van der Waals surface area contributed by atoms with Crippen molar-refractivity contribution in [3.63, 3.8) is 0 Å². The quantitative estimate of drug-likeness (QED) is 0.837. The summed E-state index contributed by atoms with van der Waals surface area (Å²) in [6, 6.07) is 5.85. The van der Waals surface area contributed by atoms with Crippen LogP contribution in [0.3, 0.4) is 0 Å². The summed E-state index contributed by atoms with van der Waals surface area (Å²) < 4.78 is 6.44. The maximum absolute atomic E-state index is 10.6. The lowest BCUT2D eigenvalue weighted by molar-refractivity contribution is -0.118. The first-order chi connectivity index (χ1) is 8.00. The summed E-state index contributed by atoms with van der Waals surface area (Å²) in [6.45, 7) is 2.22. The SMILES string of the molecule is CC(N)Cc1cccc(Br)c1OCCC(N)=O. The van der Waals surface area contributed by atoms with E-state index in [1.807, 2.05) is 25.1 Å². The summed E-state index contributed by atoms with van der Waals surface area (Å²) in [4.78, 5) is 10.6. The summed E-state index contributed by atoms with van der Waals surface area (Å²) in [5.41, 5.74) is 11.9. The molecule has 0 radical (unpaired) electrons. The van der Waals surface area contributed by atoms with Gasteiger partial charge in [0.25, 0.3) is 0 Å². The summed E-state index contributed by atoms with van der Waals surface area (Å²) >= 11 is 3.42. The van der Waals surface area contributed by atoms with Crippen LogP contribution in [0.15, 0.2) is 22.7 Å². The van der Waals surface area contributed by atoms with E-state index < -0.39 is 0 Å². The van der Waals surface area contributed by atoms with Gasteiger partial charge in [0.2, 0.25) is 5.91 Å². The van der Waals surface area contributed by atoms with Gasteiger partial charge in [-0.15, -0.1) is 0 Å². The zero-order valence-corrected chi connectivity index (χ0v) is 11.4. The highest BCUT2D eigenvalue weighted by Gasteiger charge is 2.10. The summed E-state index contributed by atoms with van der Waals surface area (Å²) in [5, 5.41) is 0. The number of rotatable bonds is 6. The van der Waals surface area contributed by atoms with Crippen LogP contribution < -0.4 is 16.2 Å². The van der Waals surface area contributed by atoms with Gasteiger partial charge in [0.05, 0.1) is 17.5 Å². The molecule has 1 rings (SSSR count). The van der Waals surface area contributed by atoms with Crippen LogP contribution in [-0.4, -0.2) is 18.6 Å². The third-order valence-corrected chi connectivity index (χ3v) is 2.81. The fourth-order valence-corrected chi connectivity index (χ4v) is 2.00. The molecule has 5 heteroatoms. The van der Waals surface area contributed by atoms with Crippen LogP contribution in [-0.2, 0) is 11.2 Å². The molecule has 0 aliphatic rings. The first-order valence-electron chi connectivity index (χ1n) is 5.44. The largest absolute Gasteiger partial charge is 0.492 e. The van der Waals surface area contributed by atoms with E-state index in [1.165, 1.54) is 0 Å². The molecule has 0 saturated carbocycles. The molecule has 0 spiro atoms. The molecule has 1 aromatic carbocycles. The number of carbonyl (C=O) groups excluding carboxylic acids is 1. The minimum Gasteiger partial charge on any atom is -0.492 e. The topological polar surface area (TPSA) is 78.3 Å². The Labute approximate surface area is 109 Å². The number of amides is 1. The van der Waals surface area contributed by atoms with Crippen molar-refractivity contribution in [2.75, 3.05) is 6.61 Å². The molecule has 17 heavy (non-hydrogen) atoms. The average molecular weight is 301 g/mol. The highest BCUT2D eigenvalue weighted by molar-refractivity contribution is 9.10. The Morgan fingerprint density at radius 3 is 2.82 bits per heavy atom. The maximum Gasteiger partial charge on any atom is 0.220 e. The third kappa shape index (κ3) is 4.75. The molecule has 4 nitrogen and oxygen atoms in total. The molecule has 1 amide bonds. The van der Waals surface area contributed by atoms with E-state index in [2.05, 4.69) is 15.9 Å². The van der Waals surface area contributed by atoms with E-state index >= 15 is 0 Å². The fourth-order valence-electron chi connectivity index (χ4n) is 1.48. The lowest BCUT2D eigenvalue weighted by atomic mass is 10.1. The maximum atomic E-state index is 10.6. The lowest BCUT2D eigenvalue weighted by Gasteiger charge is -2.14. The van der Waals surface area contributed by atoms with Crippen LogP contribution in [0.4, 0.5) is 0 Å². The van der Waals surface area contributed by atoms with Crippen LogP contribution in [0.5, 0.6) is 5.75 Å². The number of hydrogen-bond acceptors (Lipinski definition) is 3. The van der Waals surface area contributed by atoms with Gasteiger partial charge in [0, 0.05) is 6.04 Å². The molecule has 0 aromatic heterocycles. The number of para-hydroxylation sites is 1. The third-order valence-electron chi connectivity index (χ3n) is 2.19. The molecule has 0 heterocycles. The van der Waals surface area contributed by atoms with Gasteiger partial charge in [0.15, 0.2) is 0 Å². The molecule has 0 fully saturated rings. The number of primary amides is 1. The number of benzene rings is 1. The zero-order chi connectivity index (χ0) is 12.8. The van der Waals surface area contributed by atoms with Crippen molar-refractivity contribution in [1.29, 1.82) is 0 Å². The predicted octanol–water partition coefficient (Wildman–Crippen LogP) is 1.59. The molecule has 94 valence electrons. The smallest absolute Gasteiger partial charge is 0.220 e. The van der Waals surface area contributed by atoms with Crippen LogP contribution in [0.1, 0.15) is 18.9 Å². The van der Waals surface area contributed by atoms with Crippen LogP contribution in [0.25, 0.3) is 0 Å². The Balaban J connectivity index is 2.76. The average Bonchev–Trinajstić information content (AvgIpc) is 2.21. The zero-order valence-electron chi connectivity index (χ0n) is 9.78. The monoisotopic (exact) mass is 300 g/mol. The molecule has 0 aliphatic carbocycles. The normalized spacial score (nSPS) is 12.2. The Bertz CT molecular complexity index is 394. The second kappa shape index (κ2) is 6.61. The number of nitrogens with two attached hydrogens (primary N) is 2. The number of hydrogen-bond donors (Lipinski definition) is 2. The Hall–Kier alpha value is -1.07. The van der Waals surface area contributed by atoms with Gasteiger partial charge in [0.1, 0.15) is 5.75 Å². The van der Waals surface area contributed by atoms with E-state index in [4.69, 9.17) is 16.2 Å². The van der Waals surface area contributed by atoms with Gasteiger partial charge >= 0.3 is 0 Å². The molecule has 1 aromatic rings. The molecule has 1 atom stereocenters.